The van der Waals surface area contributed by atoms with Gasteiger partial charge in [0.15, 0.2) is 0 Å². The van der Waals surface area contributed by atoms with E-state index in [9.17, 15) is 9.18 Å². The van der Waals surface area contributed by atoms with Gasteiger partial charge in [-0.15, -0.1) is 0 Å². The molecule has 5 rings (SSSR count). The molecule has 0 unspecified atom stereocenters. The van der Waals surface area contributed by atoms with E-state index < -0.39 is 0 Å². The van der Waals surface area contributed by atoms with Gasteiger partial charge in [-0.25, -0.2) is 9.18 Å². The third kappa shape index (κ3) is 3.03. The topological polar surface area (TPSA) is 49.3 Å². The highest BCUT2D eigenvalue weighted by Crippen LogP contribution is 2.43. The van der Waals surface area contributed by atoms with Crippen LogP contribution in [0.1, 0.15) is 31.0 Å². The minimum atomic E-state index is -0.303. The molecule has 3 aromatic rings. The summed E-state index contributed by atoms with van der Waals surface area (Å²) in [4.78, 5) is 14.8. The van der Waals surface area contributed by atoms with Crippen molar-refractivity contribution < 1.29 is 9.18 Å². The first-order chi connectivity index (χ1) is 14.6. The summed E-state index contributed by atoms with van der Waals surface area (Å²) in [6, 6.07) is 16.8. The Morgan fingerprint density at radius 1 is 1.13 bits per heavy atom. The molecule has 1 saturated heterocycles. The molecule has 0 aliphatic carbocycles. The second-order valence-corrected chi connectivity index (χ2v) is 8.06. The van der Waals surface area contributed by atoms with Crippen molar-refractivity contribution in [2.24, 2.45) is 0 Å². The molecule has 2 aromatic carbocycles. The van der Waals surface area contributed by atoms with Crippen molar-refractivity contribution in [1.29, 1.82) is 0 Å². The molecule has 0 bridgehead atoms. The zero-order valence-electron chi connectivity index (χ0n) is 17.0. The molecule has 2 N–H and O–H groups in total. The molecule has 2 aliphatic heterocycles. The number of nitrogens with one attached hydrogen (secondary N) is 2. The maximum atomic E-state index is 13.9. The smallest absolute Gasteiger partial charge is 0.321 e. The molecule has 30 heavy (non-hydrogen) atoms. The van der Waals surface area contributed by atoms with Crippen molar-refractivity contribution in [2.45, 2.75) is 31.7 Å². The SMILES string of the molecule is CCc1ccccc1NC(=O)N1CCC2(CC1)Nc1cc(F)ccc1-n1cccc12. The molecule has 1 spiro atoms. The molecular formula is C24H25FN4O. The van der Waals surface area contributed by atoms with Gasteiger partial charge in [-0.1, -0.05) is 25.1 Å². The zero-order valence-corrected chi connectivity index (χ0v) is 17.0. The highest BCUT2D eigenvalue weighted by Gasteiger charge is 2.42. The summed E-state index contributed by atoms with van der Waals surface area (Å²) in [6.45, 7) is 3.34. The number of nitrogens with zero attached hydrogens (tertiary/aromatic N) is 2. The molecule has 2 amide bonds. The number of carbonyl (C=O) groups is 1. The number of urea groups is 1. The fraction of sp³-hybridized carbons (Fsp3) is 0.292. The molecule has 2 aliphatic rings. The van der Waals surface area contributed by atoms with Crippen molar-refractivity contribution in [1.82, 2.24) is 9.47 Å². The van der Waals surface area contributed by atoms with Crippen molar-refractivity contribution in [3.05, 3.63) is 77.9 Å². The van der Waals surface area contributed by atoms with Crippen LogP contribution < -0.4 is 10.6 Å². The maximum absolute atomic E-state index is 13.9. The predicted molar refractivity (Wildman–Crippen MR) is 117 cm³/mol. The summed E-state index contributed by atoms with van der Waals surface area (Å²) in [5, 5.41) is 6.68. The number of carbonyl (C=O) groups excluding carboxylic acids is 1. The van der Waals surface area contributed by atoms with Crippen LogP contribution in [0.15, 0.2) is 60.8 Å². The summed E-state index contributed by atoms with van der Waals surface area (Å²) in [5.41, 5.74) is 4.62. The van der Waals surface area contributed by atoms with E-state index in [4.69, 9.17) is 0 Å². The Bertz CT molecular complexity index is 1100. The second kappa shape index (κ2) is 7.20. The predicted octanol–water partition coefficient (Wildman–Crippen LogP) is 5.13. The molecule has 3 heterocycles. The van der Waals surface area contributed by atoms with Gasteiger partial charge < -0.3 is 20.1 Å². The molecule has 1 fully saturated rings. The Labute approximate surface area is 175 Å². The molecule has 6 heteroatoms. The van der Waals surface area contributed by atoms with Crippen LogP contribution in [0.25, 0.3) is 5.69 Å². The zero-order chi connectivity index (χ0) is 20.7. The van der Waals surface area contributed by atoms with E-state index in [1.165, 1.54) is 6.07 Å². The van der Waals surface area contributed by atoms with Gasteiger partial charge in [-0.05, 0) is 61.2 Å². The van der Waals surface area contributed by atoms with Gasteiger partial charge >= 0.3 is 6.03 Å². The van der Waals surface area contributed by atoms with Crippen LogP contribution in [0.4, 0.5) is 20.6 Å². The Kier molecular flexibility index (Phi) is 4.50. The number of anilines is 2. The number of rotatable bonds is 2. The normalized spacial score (nSPS) is 16.5. The molecule has 5 nitrogen and oxygen atoms in total. The summed E-state index contributed by atoms with van der Waals surface area (Å²) in [5.74, 6) is -0.251. The first-order valence-corrected chi connectivity index (χ1v) is 10.5. The van der Waals surface area contributed by atoms with Gasteiger partial charge in [0.25, 0.3) is 0 Å². The third-order valence-corrected chi connectivity index (χ3v) is 6.38. The maximum Gasteiger partial charge on any atom is 0.321 e. The average Bonchev–Trinajstić information content (AvgIpc) is 3.26. The summed E-state index contributed by atoms with van der Waals surface area (Å²) < 4.78 is 16.0. The Morgan fingerprint density at radius 2 is 1.93 bits per heavy atom. The number of likely N-dealkylation sites (tertiary alicyclic amines) is 1. The number of hydrogen-bond donors (Lipinski definition) is 2. The number of aryl methyl sites for hydroxylation is 1. The van der Waals surface area contributed by atoms with Gasteiger partial charge in [-0.3, -0.25) is 0 Å². The lowest BCUT2D eigenvalue weighted by molar-refractivity contribution is 0.174. The Balaban J connectivity index is 1.35. The van der Waals surface area contributed by atoms with Crippen LogP contribution in [0, 0.1) is 5.82 Å². The second-order valence-electron chi connectivity index (χ2n) is 8.06. The lowest BCUT2D eigenvalue weighted by Gasteiger charge is -2.46. The van der Waals surface area contributed by atoms with E-state index in [1.807, 2.05) is 47.5 Å². The van der Waals surface area contributed by atoms with Gasteiger partial charge in [0.2, 0.25) is 0 Å². The van der Waals surface area contributed by atoms with Crippen molar-refractivity contribution in [3.63, 3.8) is 0 Å². The largest absolute Gasteiger partial charge is 0.372 e. The minimum Gasteiger partial charge on any atom is -0.372 e. The first kappa shape index (κ1) is 18.7. The molecule has 0 atom stereocenters. The summed E-state index contributed by atoms with van der Waals surface area (Å²) in [7, 11) is 0. The number of para-hydroxylation sites is 1. The monoisotopic (exact) mass is 404 g/mol. The van der Waals surface area contributed by atoms with E-state index >= 15 is 0 Å². The van der Waals surface area contributed by atoms with E-state index in [2.05, 4.69) is 28.2 Å². The fourth-order valence-electron chi connectivity index (χ4n) is 4.74. The van der Waals surface area contributed by atoms with E-state index in [0.29, 0.717) is 13.1 Å². The molecule has 0 radical (unpaired) electrons. The van der Waals surface area contributed by atoms with Gasteiger partial charge in [0.05, 0.1) is 16.9 Å². The average molecular weight is 404 g/mol. The number of halogens is 1. The van der Waals surface area contributed by atoms with E-state index in [-0.39, 0.29) is 17.4 Å². The third-order valence-electron chi connectivity index (χ3n) is 6.38. The van der Waals surface area contributed by atoms with E-state index in [0.717, 1.165) is 47.6 Å². The van der Waals surface area contributed by atoms with Crippen LogP contribution in [-0.4, -0.2) is 28.6 Å². The van der Waals surface area contributed by atoms with Gasteiger partial charge in [0, 0.05) is 30.7 Å². The fourth-order valence-corrected chi connectivity index (χ4v) is 4.74. The quantitative estimate of drug-likeness (QED) is 0.622. The Hall–Kier alpha value is -3.28. The number of benzene rings is 2. The van der Waals surface area contributed by atoms with E-state index in [1.54, 1.807) is 6.07 Å². The van der Waals surface area contributed by atoms with Gasteiger partial charge in [0.1, 0.15) is 5.82 Å². The first-order valence-electron chi connectivity index (χ1n) is 10.5. The number of hydrogen-bond acceptors (Lipinski definition) is 2. The Morgan fingerprint density at radius 3 is 2.73 bits per heavy atom. The van der Waals surface area contributed by atoms with Crippen LogP contribution in [0.5, 0.6) is 0 Å². The minimum absolute atomic E-state index is 0.0663. The lowest BCUT2D eigenvalue weighted by atomic mass is 9.82. The summed E-state index contributed by atoms with van der Waals surface area (Å²) in [6.07, 6.45) is 4.41. The highest BCUT2D eigenvalue weighted by atomic mass is 19.1. The van der Waals surface area contributed by atoms with Crippen molar-refractivity contribution >= 4 is 17.4 Å². The molecular weight excluding hydrogens is 379 g/mol. The van der Waals surface area contributed by atoms with Crippen LogP contribution in [0.3, 0.4) is 0 Å². The molecule has 1 aromatic heterocycles. The van der Waals surface area contributed by atoms with Crippen molar-refractivity contribution in [2.75, 3.05) is 23.7 Å². The van der Waals surface area contributed by atoms with Crippen LogP contribution in [-0.2, 0) is 12.0 Å². The number of piperidine rings is 1. The van der Waals surface area contributed by atoms with Crippen LogP contribution >= 0.6 is 0 Å². The molecule has 154 valence electrons. The molecule has 0 saturated carbocycles. The number of amides is 2. The number of fused-ring (bicyclic) bond motifs is 4. The lowest BCUT2D eigenvalue weighted by Crippen LogP contribution is -2.51. The van der Waals surface area contributed by atoms with Gasteiger partial charge in [-0.2, -0.15) is 0 Å². The highest BCUT2D eigenvalue weighted by molar-refractivity contribution is 5.90. The summed E-state index contributed by atoms with van der Waals surface area (Å²) >= 11 is 0. The van der Waals surface area contributed by atoms with Crippen LogP contribution in [0.2, 0.25) is 0 Å². The van der Waals surface area contributed by atoms with Crippen molar-refractivity contribution in [3.8, 4) is 5.69 Å². The standard InChI is InChI=1S/C24H25FN4O/c1-2-17-6-3-4-7-19(17)26-23(30)28-14-11-24(12-15-28)22-8-5-13-29(22)21-10-9-18(25)16-20(21)27-24/h3-10,13,16,27H,2,11-12,14-15H2,1H3,(H,26,30). The number of aromatic nitrogens is 1.